The molecule has 1 unspecified atom stereocenters. The largest absolute Gasteiger partial charge is 0.444 e. The average Bonchev–Trinajstić information content (AvgIpc) is 3.98. The highest BCUT2D eigenvalue weighted by Gasteiger charge is 2.32. The fourth-order valence-corrected chi connectivity index (χ4v) is 9.14. The molecule has 3 amide bonds. The van der Waals surface area contributed by atoms with E-state index >= 15 is 0 Å². The van der Waals surface area contributed by atoms with Crippen molar-refractivity contribution in [1.29, 1.82) is 5.26 Å². The van der Waals surface area contributed by atoms with Crippen molar-refractivity contribution in [3.63, 3.8) is 0 Å². The highest BCUT2D eigenvalue weighted by Crippen LogP contribution is 2.33. The van der Waals surface area contributed by atoms with Crippen molar-refractivity contribution in [3.8, 4) is 17.2 Å². The minimum Gasteiger partial charge on any atom is -0.444 e. The van der Waals surface area contributed by atoms with Gasteiger partial charge in [-0.05, 0) is 56.3 Å². The number of thioether (sulfide) groups is 1. The van der Waals surface area contributed by atoms with Crippen LogP contribution in [0.25, 0.3) is 11.1 Å². The summed E-state index contributed by atoms with van der Waals surface area (Å²) in [7, 11) is 1.76. The Morgan fingerprint density at radius 1 is 1.04 bits per heavy atom. The van der Waals surface area contributed by atoms with E-state index < -0.39 is 0 Å². The smallest absolute Gasteiger partial charge is 0.244 e. The number of benzene rings is 1. The molecule has 0 bridgehead atoms. The molecule has 1 atom stereocenters. The highest BCUT2D eigenvalue weighted by molar-refractivity contribution is 8.00. The van der Waals surface area contributed by atoms with Crippen LogP contribution in [0.4, 0.5) is 5.13 Å². The summed E-state index contributed by atoms with van der Waals surface area (Å²) in [5.74, 6) is 2.03. The Morgan fingerprint density at radius 3 is 2.43 bits per heavy atom. The normalized spacial score (nSPS) is 16.4. The van der Waals surface area contributed by atoms with Gasteiger partial charge in [0.15, 0.2) is 5.13 Å². The molecule has 1 N–H and O–H groups in total. The van der Waals surface area contributed by atoms with Crippen molar-refractivity contribution in [1.82, 2.24) is 34.4 Å². The van der Waals surface area contributed by atoms with Crippen LogP contribution >= 0.6 is 23.1 Å². The molecule has 0 radical (unpaired) electrons. The maximum atomic E-state index is 13.3. The summed E-state index contributed by atoms with van der Waals surface area (Å²) in [5.41, 5.74) is 2.85. The van der Waals surface area contributed by atoms with Crippen LogP contribution in [-0.2, 0) is 32.1 Å². The Bertz CT molecular complexity index is 1980. The molecule has 13 nitrogen and oxygen atoms in total. The Morgan fingerprint density at radius 2 is 1.77 bits per heavy atom. The van der Waals surface area contributed by atoms with Crippen molar-refractivity contribution in [2.45, 2.75) is 107 Å². The van der Waals surface area contributed by atoms with Crippen molar-refractivity contribution in [2.75, 3.05) is 38.5 Å². The molecule has 0 spiro atoms. The predicted molar refractivity (Wildman–Crippen MR) is 218 cm³/mol. The maximum Gasteiger partial charge on any atom is 0.244 e. The Kier molecular flexibility index (Phi) is 13.7. The summed E-state index contributed by atoms with van der Waals surface area (Å²) < 4.78 is 8.60. The van der Waals surface area contributed by atoms with E-state index in [2.05, 4.69) is 53.0 Å². The first kappa shape index (κ1) is 41.1. The number of piperidine rings is 2. The fourth-order valence-electron chi connectivity index (χ4n) is 7.41. The number of carbonyl (C=O) groups is 3. The van der Waals surface area contributed by atoms with Crippen molar-refractivity contribution < 1.29 is 18.8 Å². The number of nitriles is 1. The van der Waals surface area contributed by atoms with Gasteiger partial charge in [-0.25, -0.2) is 9.97 Å². The lowest BCUT2D eigenvalue weighted by molar-refractivity contribution is -0.134. The number of thiazole rings is 1. The first-order valence-corrected chi connectivity index (χ1v) is 21.3. The number of oxazole rings is 1. The van der Waals surface area contributed by atoms with Crippen molar-refractivity contribution >= 4 is 46.0 Å². The van der Waals surface area contributed by atoms with Gasteiger partial charge in [-0.3, -0.25) is 19.1 Å². The molecule has 4 aromatic rings. The Labute approximate surface area is 337 Å². The third-order valence-corrected chi connectivity index (χ3v) is 12.9. The third kappa shape index (κ3) is 10.5. The lowest BCUT2D eigenvalue weighted by Gasteiger charge is -2.41. The molecule has 0 aliphatic carbocycles. The predicted octanol–water partition coefficient (Wildman–Crippen LogP) is 7.14. The standard InChI is InChI=1S/C41H53N9O4S2/c1-6-7-33(47(5)36(51)12-17-42)29-10-8-28(9-11-29)31-22-45-50(25-31)26-37(52)49-20-15-32(16-21-49)48-18-13-30(14-19-48)39(53)46-40-44-24-38(56-40)55-27-35-43-23-34(54-35)41(2,3)4/h8-11,22-25,30,32-33H,6-7,12-16,18-21,26-27H2,1-5H3,(H,44,46,53). The van der Waals surface area contributed by atoms with E-state index in [-0.39, 0.29) is 48.1 Å². The molecule has 2 aliphatic heterocycles. The van der Waals surface area contributed by atoms with Crippen LogP contribution in [0.15, 0.2) is 57.7 Å². The number of carbonyl (C=O) groups excluding carboxylic acids is 3. The molecule has 1 aromatic carbocycles. The van der Waals surface area contributed by atoms with Gasteiger partial charge >= 0.3 is 0 Å². The van der Waals surface area contributed by atoms with E-state index in [0.29, 0.717) is 35.9 Å². The Hall–Kier alpha value is -4.52. The summed E-state index contributed by atoms with van der Waals surface area (Å²) in [5, 5.41) is 17.1. The van der Waals surface area contributed by atoms with Gasteiger partial charge in [0.05, 0.1) is 40.7 Å². The summed E-state index contributed by atoms with van der Waals surface area (Å²) in [6.45, 7) is 11.7. The first-order chi connectivity index (χ1) is 26.9. The number of nitrogens with one attached hydrogen (secondary N) is 1. The molecule has 2 aliphatic rings. The van der Waals surface area contributed by atoms with Crippen LogP contribution in [0.1, 0.15) is 95.9 Å². The van der Waals surface area contributed by atoms with Gasteiger partial charge in [0.1, 0.15) is 18.7 Å². The van der Waals surface area contributed by atoms with E-state index in [1.54, 1.807) is 47.0 Å². The fraction of sp³-hybridized carbons (Fsp3) is 0.537. The summed E-state index contributed by atoms with van der Waals surface area (Å²) in [6.07, 6.45) is 12.3. The van der Waals surface area contributed by atoms with Crippen molar-refractivity contribution in [2.24, 2.45) is 5.92 Å². The summed E-state index contributed by atoms with van der Waals surface area (Å²) in [4.78, 5) is 53.8. The molecule has 0 saturated carbocycles. The molecular weight excluding hydrogens is 747 g/mol. The molecule has 5 heterocycles. The first-order valence-electron chi connectivity index (χ1n) is 19.5. The molecule has 15 heteroatoms. The molecule has 3 aromatic heterocycles. The monoisotopic (exact) mass is 799 g/mol. The second kappa shape index (κ2) is 18.6. The van der Waals surface area contributed by atoms with Gasteiger partial charge in [-0.2, -0.15) is 10.4 Å². The number of hydrogen-bond acceptors (Lipinski definition) is 11. The minimum absolute atomic E-state index is 0.0340. The number of aromatic nitrogens is 4. The summed E-state index contributed by atoms with van der Waals surface area (Å²) >= 11 is 3.08. The SMILES string of the molecule is CCCC(c1ccc(-c2cnn(CC(=O)N3CCC(N4CCC(C(=O)Nc5ncc(SCc6ncc(C(C)(C)C)o6)s5)CC4)CC3)c2)cc1)N(C)C(=O)CC#N. The van der Waals surface area contributed by atoms with Gasteiger partial charge in [0.2, 0.25) is 23.6 Å². The molecule has 56 heavy (non-hydrogen) atoms. The Balaban J connectivity index is 0.909. The van der Waals surface area contributed by atoms with Crippen LogP contribution in [0, 0.1) is 17.2 Å². The van der Waals surface area contributed by atoms with E-state index in [9.17, 15) is 14.4 Å². The number of nitrogens with zero attached hydrogens (tertiary/aromatic N) is 8. The van der Waals surface area contributed by atoms with Gasteiger partial charge < -0.3 is 24.4 Å². The quantitative estimate of drug-likeness (QED) is 0.130. The molecule has 298 valence electrons. The van der Waals surface area contributed by atoms with Gasteiger partial charge in [-0.15, -0.1) is 11.8 Å². The zero-order chi connectivity index (χ0) is 39.8. The van der Waals surface area contributed by atoms with Crippen LogP contribution < -0.4 is 5.32 Å². The second-order valence-electron chi connectivity index (χ2n) is 15.7. The number of hydrogen-bond donors (Lipinski definition) is 1. The van der Waals surface area contributed by atoms with Crippen LogP contribution in [0.5, 0.6) is 0 Å². The zero-order valence-electron chi connectivity index (χ0n) is 33.1. The average molecular weight is 800 g/mol. The van der Waals surface area contributed by atoms with Crippen LogP contribution in [0.2, 0.25) is 0 Å². The van der Waals surface area contributed by atoms with E-state index in [1.165, 1.54) is 11.3 Å². The van der Waals surface area contributed by atoms with Gasteiger partial charge in [0.25, 0.3) is 0 Å². The van der Waals surface area contributed by atoms with E-state index in [1.807, 2.05) is 41.4 Å². The zero-order valence-corrected chi connectivity index (χ0v) is 34.7. The number of likely N-dealkylation sites (tertiary alicyclic amines) is 2. The second-order valence-corrected chi connectivity index (χ2v) is 18.1. The topological polar surface area (TPSA) is 153 Å². The van der Waals surface area contributed by atoms with Crippen molar-refractivity contribution in [3.05, 3.63) is 66.3 Å². The third-order valence-electron chi connectivity index (χ3n) is 10.8. The highest BCUT2D eigenvalue weighted by atomic mass is 32.2. The molecular formula is C41H53N9O4S2. The number of rotatable bonds is 14. The maximum absolute atomic E-state index is 13.3. The number of amides is 3. The van der Waals surface area contributed by atoms with E-state index in [0.717, 1.165) is 78.3 Å². The molecule has 2 fully saturated rings. The molecule has 2 saturated heterocycles. The van der Waals surface area contributed by atoms with Crippen LogP contribution in [-0.4, -0.2) is 91.4 Å². The lowest BCUT2D eigenvalue weighted by Crippen LogP contribution is -2.50. The number of anilines is 1. The minimum atomic E-state index is -0.181. The molecule has 6 rings (SSSR count). The summed E-state index contributed by atoms with van der Waals surface area (Å²) in [6, 6.07) is 10.4. The van der Waals surface area contributed by atoms with Gasteiger partial charge in [-0.1, -0.05) is 69.7 Å². The van der Waals surface area contributed by atoms with Crippen LogP contribution in [0.3, 0.4) is 0 Å². The van der Waals surface area contributed by atoms with E-state index in [4.69, 9.17) is 9.68 Å². The lowest BCUT2D eigenvalue weighted by atomic mass is 9.93. The van der Waals surface area contributed by atoms with Gasteiger partial charge in [0, 0.05) is 49.3 Å².